The van der Waals surface area contributed by atoms with Crippen LogP contribution in [0.15, 0.2) is 50.8 Å². The summed E-state index contributed by atoms with van der Waals surface area (Å²) < 4.78 is 26.6. The van der Waals surface area contributed by atoms with E-state index in [1.807, 2.05) is 0 Å². The van der Waals surface area contributed by atoms with E-state index >= 15 is 0 Å². The highest BCUT2D eigenvalue weighted by Gasteiger charge is 2.35. The summed E-state index contributed by atoms with van der Waals surface area (Å²) in [6, 6.07) is 8.42. The number of sulfonamides is 1. The van der Waals surface area contributed by atoms with E-state index in [0.29, 0.717) is 16.6 Å². The minimum atomic E-state index is -4.45. The third kappa shape index (κ3) is 5.73. The second kappa shape index (κ2) is 10.4. The number of phenolic OH excluding ortho intramolecular Hbond substituents is 1. The lowest BCUT2D eigenvalue weighted by Gasteiger charge is -2.23. The average Bonchev–Trinajstić information content (AvgIpc) is 3.19. The molecule has 1 saturated heterocycles. The number of rotatable bonds is 6. The zero-order chi connectivity index (χ0) is 24.2. The summed E-state index contributed by atoms with van der Waals surface area (Å²) in [5.41, 5.74) is 0.351. The van der Waals surface area contributed by atoms with Crippen molar-refractivity contribution in [3.8, 4) is 11.9 Å². The van der Waals surface area contributed by atoms with Crippen LogP contribution in [0.2, 0.25) is 5.02 Å². The van der Waals surface area contributed by atoms with Crippen LogP contribution < -0.4 is 15.5 Å². The Labute approximate surface area is 202 Å². The van der Waals surface area contributed by atoms with Crippen LogP contribution in [0.3, 0.4) is 0 Å². The van der Waals surface area contributed by atoms with Crippen LogP contribution in [-0.2, 0) is 14.8 Å². The number of aliphatic carboxylic acids is 1. The van der Waals surface area contributed by atoms with Gasteiger partial charge in [0.25, 0.3) is 10.0 Å². The number of guanidine groups is 1. The number of carbonyl (C=O) groups is 1. The molecule has 1 fully saturated rings. The lowest BCUT2D eigenvalue weighted by Crippen LogP contribution is -2.48. The summed E-state index contributed by atoms with van der Waals surface area (Å²) in [5.74, 6) is -2.00. The summed E-state index contributed by atoms with van der Waals surface area (Å²) in [6.07, 6.45) is 2.46. The van der Waals surface area contributed by atoms with Crippen molar-refractivity contribution in [1.29, 1.82) is 5.26 Å². The first-order valence-corrected chi connectivity index (χ1v) is 12.1. The molecule has 0 saturated carbocycles. The Morgan fingerprint density at radius 3 is 2.70 bits per heavy atom. The van der Waals surface area contributed by atoms with E-state index in [1.54, 1.807) is 30.5 Å². The minimum absolute atomic E-state index is 0.0937. The molecule has 1 unspecified atom stereocenters. The molecule has 0 spiro atoms. The van der Waals surface area contributed by atoms with Crippen molar-refractivity contribution < 1.29 is 23.4 Å². The Kier molecular flexibility index (Phi) is 7.77. The maximum Gasteiger partial charge on any atom is 0.322 e. The van der Waals surface area contributed by atoms with Crippen molar-refractivity contribution in [3.05, 3.63) is 45.9 Å². The number of hydrogen-bond acceptors (Lipinski definition) is 7. The van der Waals surface area contributed by atoms with Crippen molar-refractivity contribution in [3.63, 3.8) is 0 Å². The molecule has 2 aromatic carbocycles. The highest BCUT2D eigenvalue weighted by molar-refractivity contribution is 9.10. The Morgan fingerprint density at radius 2 is 2.03 bits per heavy atom. The Bertz CT molecular complexity index is 1250. The lowest BCUT2D eigenvalue weighted by atomic mass is 10.2. The molecular formula is C19H18BrClN6O5S. The molecule has 0 amide bonds. The van der Waals surface area contributed by atoms with Gasteiger partial charge in [-0.05, 0) is 53.0 Å². The molecular weight excluding hydrogens is 540 g/mol. The molecule has 5 N–H and O–H groups in total. The number of benzene rings is 2. The van der Waals surface area contributed by atoms with E-state index in [2.05, 4.69) is 36.4 Å². The van der Waals surface area contributed by atoms with Crippen LogP contribution >= 0.6 is 27.5 Å². The molecule has 0 aromatic heterocycles. The van der Waals surface area contributed by atoms with Gasteiger partial charge in [-0.1, -0.05) is 23.7 Å². The van der Waals surface area contributed by atoms with Crippen molar-refractivity contribution in [1.82, 2.24) is 15.2 Å². The number of hydrogen-bond donors (Lipinski definition) is 5. The van der Waals surface area contributed by atoms with E-state index in [9.17, 15) is 23.4 Å². The van der Waals surface area contributed by atoms with Crippen LogP contribution in [0.25, 0.3) is 0 Å². The standard InChI is InChI=1S/C19H18BrClN6O5S/c20-11-4-1-2-5-13(11)24-19(23-10-22)25-14-8-7-12(21)17(16(14)28)33(31,32)26-27-9-3-6-15(27)18(29)30/h1-2,4-5,7-8,15,26,28H,3,6,9H2,(H,29,30)(H2,23,24,25). The molecule has 1 aliphatic rings. The van der Waals surface area contributed by atoms with Crippen molar-refractivity contribution in [2.75, 3.05) is 11.9 Å². The first-order chi connectivity index (χ1) is 15.6. The Balaban J connectivity index is 1.95. The third-order valence-electron chi connectivity index (χ3n) is 4.64. The van der Waals surface area contributed by atoms with Crippen LogP contribution in [0.5, 0.6) is 5.75 Å². The highest BCUT2D eigenvalue weighted by atomic mass is 79.9. The SMILES string of the molecule is N#CNC(=Nc1ccccc1Br)Nc1ccc(Cl)c(S(=O)(=O)NN2CCCC2C(=O)O)c1O. The number of halogens is 2. The number of aromatic hydroxyl groups is 1. The number of nitriles is 1. The van der Waals surface area contributed by atoms with Gasteiger partial charge in [-0.15, -0.1) is 4.83 Å². The van der Waals surface area contributed by atoms with E-state index < -0.39 is 32.7 Å². The molecule has 0 bridgehead atoms. The van der Waals surface area contributed by atoms with E-state index in [4.69, 9.17) is 16.9 Å². The van der Waals surface area contributed by atoms with Crippen molar-refractivity contribution >= 4 is 60.9 Å². The molecule has 1 heterocycles. The fourth-order valence-electron chi connectivity index (χ4n) is 3.17. The van der Waals surface area contributed by atoms with Crippen molar-refractivity contribution in [2.45, 2.75) is 23.8 Å². The number of carboxylic acid groups (broad SMARTS) is 1. The Hall–Kier alpha value is -2.89. The molecule has 0 aliphatic carbocycles. The molecule has 3 rings (SSSR count). The van der Waals surface area contributed by atoms with Crippen LogP contribution in [0, 0.1) is 11.5 Å². The predicted molar refractivity (Wildman–Crippen MR) is 124 cm³/mol. The molecule has 2 aromatic rings. The highest BCUT2D eigenvalue weighted by Crippen LogP contribution is 2.37. The second-order valence-electron chi connectivity index (χ2n) is 6.83. The van der Waals surface area contributed by atoms with Gasteiger partial charge in [0.05, 0.1) is 16.4 Å². The van der Waals surface area contributed by atoms with Gasteiger partial charge in [-0.25, -0.2) is 18.4 Å². The smallest absolute Gasteiger partial charge is 0.322 e. The van der Waals surface area contributed by atoms with Crippen molar-refractivity contribution in [2.24, 2.45) is 4.99 Å². The first-order valence-electron chi connectivity index (χ1n) is 9.42. The van der Waals surface area contributed by atoms with E-state index in [1.165, 1.54) is 12.1 Å². The number of phenols is 1. The average molecular weight is 558 g/mol. The van der Waals surface area contributed by atoms with E-state index in [0.717, 1.165) is 5.01 Å². The lowest BCUT2D eigenvalue weighted by molar-refractivity contribution is -0.142. The molecule has 1 atom stereocenters. The quantitative estimate of drug-likeness (QED) is 0.118. The zero-order valence-corrected chi connectivity index (χ0v) is 19.9. The number of nitrogens with zero attached hydrogens (tertiary/aromatic N) is 3. The maximum atomic E-state index is 13.0. The monoisotopic (exact) mass is 556 g/mol. The van der Waals surface area contributed by atoms with Gasteiger partial charge in [0.1, 0.15) is 10.9 Å². The van der Waals surface area contributed by atoms with Gasteiger partial charge in [0.15, 0.2) is 11.9 Å². The number of anilines is 1. The van der Waals surface area contributed by atoms with Crippen LogP contribution in [0.1, 0.15) is 12.8 Å². The summed E-state index contributed by atoms with van der Waals surface area (Å²) in [7, 11) is -4.45. The molecule has 0 radical (unpaired) electrons. The predicted octanol–water partition coefficient (Wildman–Crippen LogP) is 2.72. The van der Waals surface area contributed by atoms with Gasteiger partial charge in [0, 0.05) is 11.0 Å². The number of carboxylic acids is 1. The summed E-state index contributed by atoms with van der Waals surface area (Å²) in [5, 5.41) is 34.8. The molecule has 174 valence electrons. The molecule has 14 heteroatoms. The number of aliphatic imine (C=N–C) groups is 1. The zero-order valence-electron chi connectivity index (χ0n) is 16.8. The molecule has 33 heavy (non-hydrogen) atoms. The van der Waals surface area contributed by atoms with Gasteiger partial charge >= 0.3 is 5.97 Å². The van der Waals surface area contributed by atoms with Crippen LogP contribution in [0.4, 0.5) is 11.4 Å². The fraction of sp³-hybridized carbons (Fsp3) is 0.211. The first kappa shape index (κ1) is 24.7. The minimum Gasteiger partial charge on any atom is -0.504 e. The number of nitrogens with one attached hydrogen (secondary N) is 3. The number of hydrazine groups is 1. The van der Waals surface area contributed by atoms with Gasteiger partial charge < -0.3 is 15.5 Å². The fourth-order valence-corrected chi connectivity index (χ4v) is 5.30. The normalized spacial score (nSPS) is 16.9. The third-order valence-corrected chi connectivity index (χ3v) is 7.16. The van der Waals surface area contributed by atoms with Gasteiger partial charge in [0.2, 0.25) is 5.96 Å². The second-order valence-corrected chi connectivity index (χ2v) is 9.69. The Morgan fingerprint density at radius 1 is 1.30 bits per heavy atom. The van der Waals surface area contributed by atoms with Gasteiger partial charge in [-0.2, -0.15) is 5.26 Å². The largest absolute Gasteiger partial charge is 0.504 e. The summed E-state index contributed by atoms with van der Waals surface area (Å²) in [6.45, 7) is 0.182. The summed E-state index contributed by atoms with van der Waals surface area (Å²) >= 11 is 9.41. The van der Waals surface area contributed by atoms with Crippen LogP contribution in [-0.4, -0.2) is 48.2 Å². The molecule has 11 nitrogen and oxygen atoms in total. The summed E-state index contributed by atoms with van der Waals surface area (Å²) in [4.78, 5) is 17.2. The van der Waals surface area contributed by atoms with Gasteiger partial charge in [-0.3, -0.25) is 10.1 Å². The maximum absolute atomic E-state index is 13.0. The topological polar surface area (TPSA) is 167 Å². The van der Waals surface area contributed by atoms with E-state index in [-0.39, 0.29) is 29.6 Å². The number of para-hydroxylation sites is 1. The molecule has 1 aliphatic heterocycles.